The first-order valence-corrected chi connectivity index (χ1v) is 13.6. The summed E-state index contributed by atoms with van der Waals surface area (Å²) in [7, 11) is 0. The maximum absolute atomic E-state index is 13.2. The van der Waals surface area contributed by atoms with Crippen molar-refractivity contribution in [3.63, 3.8) is 0 Å². The number of amides is 2. The number of allylic oxidation sites excluding steroid dienone is 2. The number of nitrogens with zero attached hydrogens (tertiary/aromatic N) is 2. The van der Waals surface area contributed by atoms with Crippen LogP contribution >= 0.6 is 23.1 Å². The van der Waals surface area contributed by atoms with Crippen LogP contribution in [-0.2, 0) is 9.59 Å². The van der Waals surface area contributed by atoms with Crippen LogP contribution in [0.4, 0.5) is 5.69 Å². The third kappa shape index (κ3) is 3.39. The second-order valence-electron chi connectivity index (χ2n) is 9.46. The molecule has 0 radical (unpaired) electrons. The third-order valence-electron chi connectivity index (χ3n) is 7.50. The highest BCUT2D eigenvalue weighted by atomic mass is 32.2. The van der Waals surface area contributed by atoms with Gasteiger partial charge in [-0.2, -0.15) is 0 Å². The minimum absolute atomic E-state index is 0.0384. The van der Waals surface area contributed by atoms with E-state index in [2.05, 4.69) is 60.7 Å². The quantitative estimate of drug-likeness (QED) is 0.181. The molecule has 35 heavy (non-hydrogen) atoms. The molecule has 0 unspecified atom stereocenters. The number of fused-ring (bicyclic) bond motifs is 6. The van der Waals surface area contributed by atoms with Gasteiger partial charge in [-0.15, -0.1) is 11.3 Å². The molecule has 7 rings (SSSR count). The number of carbonyl (C=O) groups excluding carboxylic acids is 2. The predicted octanol–water partition coefficient (Wildman–Crippen LogP) is 6.49. The first kappa shape index (κ1) is 21.1. The van der Waals surface area contributed by atoms with Gasteiger partial charge in [0.15, 0.2) is 4.34 Å². The molecule has 2 bridgehead atoms. The fourth-order valence-corrected chi connectivity index (χ4v) is 8.34. The van der Waals surface area contributed by atoms with Crippen molar-refractivity contribution in [1.29, 1.82) is 0 Å². The molecule has 4 nitrogen and oxygen atoms in total. The Bertz CT molecular complexity index is 1410. The van der Waals surface area contributed by atoms with Crippen LogP contribution in [-0.4, -0.2) is 16.8 Å². The lowest BCUT2D eigenvalue weighted by atomic mass is 9.85. The molecular formula is C29H22N2O2S2. The van der Waals surface area contributed by atoms with E-state index in [4.69, 9.17) is 4.98 Å². The Morgan fingerprint density at radius 1 is 0.829 bits per heavy atom. The summed E-state index contributed by atoms with van der Waals surface area (Å²) in [4.78, 5) is 32.8. The van der Waals surface area contributed by atoms with Gasteiger partial charge in [0, 0.05) is 0 Å². The second kappa shape index (κ2) is 8.18. The van der Waals surface area contributed by atoms with Crippen LogP contribution in [0.15, 0.2) is 95.4 Å². The smallest absolute Gasteiger partial charge is 0.238 e. The molecule has 2 heterocycles. The number of anilines is 1. The Labute approximate surface area is 211 Å². The summed E-state index contributed by atoms with van der Waals surface area (Å²) in [6, 6.07) is 26.7. The average Bonchev–Trinajstić information content (AvgIpc) is 3.66. The fraction of sp³-hybridized carbons (Fsp3) is 0.207. The van der Waals surface area contributed by atoms with Crippen LogP contribution < -0.4 is 4.90 Å². The first-order valence-electron chi connectivity index (χ1n) is 11.9. The highest BCUT2D eigenvalue weighted by Crippen LogP contribution is 2.53. The van der Waals surface area contributed by atoms with Crippen molar-refractivity contribution >= 4 is 50.8 Å². The Morgan fingerprint density at radius 3 is 2.03 bits per heavy atom. The largest absolute Gasteiger partial charge is 0.274 e. The first-order chi connectivity index (χ1) is 17.2. The molecule has 2 amide bonds. The number of thiazole rings is 1. The van der Waals surface area contributed by atoms with Gasteiger partial charge in [-0.25, -0.2) is 9.88 Å². The number of hydrogen-bond acceptors (Lipinski definition) is 5. The van der Waals surface area contributed by atoms with Crippen LogP contribution in [0.25, 0.3) is 10.2 Å². The molecule has 1 saturated heterocycles. The maximum Gasteiger partial charge on any atom is 0.238 e. The molecule has 3 aromatic carbocycles. The van der Waals surface area contributed by atoms with Crippen molar-refractivity contribution in [1.82, 2.24) is 4.98 Å². The molecule has 2 aliphatic carbocycles. The Kier molecular flexibility index (Phi) is 4.93. The lowest BCUT2D eigenvalue weighted by Gasteiger charge is -2.17. The van der Waals surface area contributed by atoms with E-state index in [1.165, 1.54) is 16.0 Å². The molecule has 6 heteroatoms. The molecule has 3 aliphatic rings. The van der Waals surface area contributed by atoms with Crippen LogP contribution in [0.1, 0.15) is 22.8 Å². The summed E-state index contributed by atoms with van der Waals surface area (Å²) in [6.07, 6.45) is 5.21. The van der Waals surface area contributed by atoms with Gasteiger partial charge in [-0.3, -0.25) is 9.59 Å². The van der Waals surface area contributed by atoms with E-state index in [0.29, 0.717) is 5.69 Å². The maximum atomic E-state index is 13.2. The number of rotatable bonds is 5. The summed E-state index contributed by atoms with van der Waals surface area (Å²) < 4.78 is 1.96. The van der Waals surface area contributed by atoms with Crippen molar-refractivity contribution < 1.29 is 9.59 Å². The van der Waals surface area contributed by atoms with E-state index in [0.717, 1.165) is 21.0 Å². The minimum atomic E-state index is -0.182. The summed E-state index contributed by atoms with van der Waals surface area (Å²) in [5.41, 5.74) is 4.02. The monoisotopic (exact) mass is 494 g/mol. The fourth-order valence-electron chi connectivity index (χ4n) is 5.92. The van der Waals surface area contributed by atoms with E-state index >= 15 is 0 Å². The molecule has 4 atom stereocenters. The number of aromatic nitrogens is 1. The van der Waals surface area contributed by atoms with Crippen LogP contribution in [0.2, 0.25) is 0 Å². The highest BCUT2D eigenvalue weighted by Gasteiger charge is 2.59. The third-order valence-corrected chi connectivity index (χ3v) is 9.93. The molecule has 1 aliphatic heterocycles. The van der Waals surface area contributed by atoms with Gasteiger partial charge in [0.2, 0.25) is 11.8 Å². The number of carbonyl (C=O) groups is 2. The standard InChI is InChI=1S/C29H22N2O2S2/c32-27-24-19-11-12-20(15-19)25(24)28(33)31(27)21-13-14-22-23(16-21)34-29(30-22)35-26(17-7-3-1-4-8-17)18-9-5-2-6-10-18/h1-14,16,19-20,24-26H,15H2/t19-,20-,24+,25+/m0/s1. The molecule has 172 valence electrons. The van der Waals surface area contributed by atoms with Crippen LogP contribution in [0.3, 0.4) is 0 Å². The van der Waals surface area contributed by atoms with Gasteiger partial charge in [-0.1, -0.05) is 84.6 Å². The topological polar surface area (TPSA) is 50.3 Å². The molecule has 0 spiro atoms. The van der Waals surface area contributed by atoms with Crippen molar-refractivity contribution in [2.45, 2.75) is 16.0 Å². The van der Waals surface area contributed by atoms with Crippen LogP contribution in [0.5, 0.6) is 0 Å². The lowest BCUT2D eigenvalue weighted by Crippen LogP contribution is -2.32. The molecular weight excluding hydrogens is 472 g/mol. The number of benzene rings is 3. The second-order valence-corrected chi connectivity index (χ2v) is 11.8. The summed E-state index contributed by atoms with van der Waals surface area (Å²) in [5.74, 6) is -0.00684. The Morgan fingerprint density at radius 2 is 1.43 bits per heavy atom. The van der Waals surface area contributed by atoms with Gasteiger partial charge < -0.3 is 0 Å². The molecule has 4 aromatic rings. The van der Waals surface area contributed by atoms with Crippen molar-refractivity contribution in [2.75, 3.05) is 4.90 Å². The van der Waals surface area contributed by atoms with E-state index in [1.807, 2.05) is 30.3 Å². The zero-order chi connectivity index (χ0) is 23.5. The van der Waals surface area contributed by atoms with Gasteiger partial charge in [0.05, 0.1) is 33.0 Å². The van der Waals surface area contributed by atoms with Crippen LogP contribution in [0, 0.1) is 23.7 Å². The van der Waals surface area contributed by atoms with Gasteiger partial charge >= 0.3 is 0 Å². The molecule has 1 saturated carbocycles. The number of imide groups is 1. The SMILES string of the molecule is O=C1[C@H]2[C@H](C(=O)N1c1ccc3nc(SC(c4ccccc4)c4ccccc4)sc3c1)[C@H]1C=C[C@H]2C1. The average molecular weight is 495 g/mol. The minimum Gasteiger partial charge on any atom is -0.274 e. The van der Waals surface area contributed by atoms with Crippen molar-refractivity contribution in [2.24, 2.45) is 23.7 Å². The van der Waals surface area contributed by atoms with E-state index < -0.39 is 0 Å². The predicted molar refractivity (Wildman–Crippen MR) is 140 cm³/mol. The van der Waals surface area contributed by atoms with Gasteiger partial charge in [0.25, 0.3) is 0 Å². The zero-order valence-corrected chi connectivity index (χ0v) is 20.4. The molecule has 2 fully saturated rings. The van der Waals surface area contributed by atoms with Crippen molar-refractivity contribution in [3.05, 3.63) is 102 Å². The van der Waals surface area contributed by atoms with Gasteiger partial charge in [0.1, 0.15) is 0 Å². The summed E-state index contributed by atoms with van der Waals surface area (Å²) in [6.45, 7) is 0. The van der Waals surface area contributed by atoms with Crippen molar-refractivity contribution in [3.8, 4) is 0 Å². The Balaban J connectivity index is 1.21. The lowest BCUT2D eigenvalue weighted by molar-refractivity contribution is -0.123. The number of thioether (sulfide) groups is 1. The van der Waals surface area contributed by atoms with Gasteiger partial charge in [-0.05, 0) is 47.6 Å². The van der Waals surface area contributed by atoms with E-state index in [1.54, 1.807) is 23.1 Å². The Hall–Kier alpha value is -3.22. The number of hydrogen-bond donors (Lipinski definition) is 0. The zero-order valence-electron chi connectivity index (χ0n) is 18.8. The van der Waals surface area contributed by atoms with E-state index in [-0.39, 0.29) is 40.7 Å². The van der Waals surface area contributed by atoms with E-state index in [9.17, 15) is 9.59 Å². The molecule has 0 N–H and O–H groups in total. The highest BCUT2D eigenvalue weighted by molar-refractivity contribution is 8.01. The summed E-state index contributed by atoms with van der Waals surface area (Å²) >= 11 is 3.35. The molecule has 1 aromatic heterocycles. The summed E-state index contributed by atoms with van der Waals surface area (Å²) in [5, 5.41) is 0.126. The normalized spacial score (nSPS) is 24.8.